The lowest BCUT2D eigenvalue weighted by Gasteiger charge is -2.10. The summed E-state index contributed by atoms with van der Waals surface area (Å²) in [6.45, 7) is 3.90. The maximum atomic E-state index is 10.9. The molecule has 0 N–H and O–H groups in total. The van der Waals surface area contributed by atoms with Gasteiger partial charge in [0.05, 0.1) is 4.92 Å². The lowest BCUT2D eigenvalue weighted by atomic mass is 10.1. The molecule has 0 aliphatic rings. The van der Waals surface area contributed by atoms with Crippen LogP contribution in [0.15, 0.2) is 42.5 Å². The summed E-state index contributed by atoms with van der Waals surface area (Å²) in [5.41, 5.74) is 2.04. The fraction of sp³-hybridized carbons (Fsp3) is 0.143. The molecule has 2 rings (SSSR count). The zero-order valence-electron chi connectivity index (χ0n) is 10.2. The number of nitro groups is 1. The molecule has 4 nitrogen and oxygen atoms in total. The van der Waals surface area contributed by atoms with Crippen LogP contribution in [0.2, 0.25) is 0 Å². The van der Waals surface area contributed by atoms with E-state index >= 15 is 0 Å². The van der Waals surface area contributed by atoms with Crippen molar-refractivity contribution in [2.45, 2.75) is 13.8 Å². The van der Waals surface area contributed by atoms with E-state index in [4.69, 9.17) is 4.74 Å². The van der Waals surface area contributed by atoms with Gasteiger partial charge in [0.25, 0.3) is 0 Å². The molecule has 2 aromatic rings. The Morgan fingerprint density at radius 3 is 2.39 bits per heavy atom. The van der Waals surface area contributed by atoms with Gasteiger partial charge in [-0.25, -0.2) is 0 Å². The predicted molar refractivity (Wildman–Crippen MR) is 69.1 cm³/mol. The number of ether oxygens (including phenoxy) is 1. The fourth-order valence-corrected chi connectivity index (χ4v) is 1.65. The van der Waals surface area contributed by atoms with Crippen LogP contribution in [0.4, 0.5) is 5.69 Å². The number of rotatable bonds is 3. The van der Waals surface area contributed by atoms with Gasteiger partial charge in [-0.2, -0.15) is 0 Å². The number of nitro benzene ring substituents is 1. The topological polar surface area (TPSA) is 52.4 Å². The smallest absolute Gasteiger partial charge is 0.311 e. The highest BCUT2D eigenvalue weighted by atomic mass is 16.6. The second-order valence-corrected chi connectivity index (χ2v) is 4.02. The maximum Gasteiger partial charge on any atom is 0.311 e. The Morgan fingerprint density at radius 1 is 1.00 bits per heavy atom. The van der Waals surface area contributed by atoms with Crippen LogP contribution in [0.25, 0.3) is 0 Å². The van der Waals surface area contributed by atoms with Gasteiger partial charge in [-0.1, -0.05) is 24.3 Å². The molecule has 0 atom stereocenters. The molecule has 0 unspecified atom stereocenters. The van der Waals surface area contributed by atoms with E-state index < -0.39 is 4.92 Å². The van der Waals surface area contributed by atoms with Crippen molar-refractivity contribution in [3.63, 3.8) is 0 Å². The van der Waals surface area contributed by atoms with Crippen molar-refractivity contribution in [2.75, 3.05) is 0 Å². The Labute approximate surface area is 105 Å². The Hall–Kier alpha value is -2.36. The third-order valence-electron chi connectivity index (χ3n) is 2.84. The molecule has 0 aromatic heterocycles. The molecule has 0 aliphatic heterocycles. The number of para-hydroxylation sites is 2. The maximum absolute atomic E-state index is 10.9. The van der Waals surface area contributed by atoms with E-state index in [1.165, 1.54) is 6.07 Å². The second kappa shape index (κ2) is 4.87. The predicted octanol–water partition coefficient (Wildman–Crippen LogP) is 4.00. The number of hydrogen-bond donors (Lipinski definition) is 0. The molecule has 0 heterocycles. The first-order valence-electron chi connectivity index (χ1n) is 5.57. The first kappa shape index (κ1) is 12.1. The van der Waals surface area contributed by atoms with Crippen LogP contribution in [0.1, 0.15) is 11.1 Å². The van der Waals surface area contributed by atoms with E-state index in [1.807, 2.05) is 26.0 Å². The lowest BCUT2D eigenvalue weighted by Crippen LogP contribution is -1.94. The van der Waals surface area contributed by atoms with Crippen LogP contribution >= 0.6 is 0 Å². The third kappa shape index (κ3) is 2.32. The fourth-order valence-electron chi connectivity index (χ4n) is 1.65. The molecular weight excluding hydrogens is 230 g/mol. The number of benzene rings is 2. The van der Waals surface area contributed by atoms with Crippen molar-refractivity contribution in [1.82, 2.24) is 0 Å². The van der Waals surface area contributed by atoms with Gasteiger partial charge >= 0.3 is 5.69 Å². The molecule has 92 valence electrons. The van der Waals surface area contributed by atoms with Crippen LogP contribution in [0.5, 0.6) is 11.5 Å². The summed E-state index contributed by atoms with van der Waals surface area (Å²) >= 11 is 0. The highest BCUT2D eigenvalue weighted by Crippen LogP contribution is 2.32. The molecule has 2 aromatic carbocycles. The molecule has 0 aliphatic carbocycles. The quantitative estimate of drug-likeness (QED) is 0.604. The van der Waals surface area contributed by atoms with E-state index in [0.29, 0.717) is 5.75 Å². The van der Waals surface area contributed by atoms with Gasteiger partial charge in [0, 0.05) is 6.07 Å². The molecule has 0 fully saturated rings. The van der Waals surface area contributed by atoms with Crippen LogP contribution in [-0.4, -0.2) is 4.92 Å². The minimum absolute atomic E-state index is 0.0293. The van der Waals surface area contributed by atoms with Crippen molar-refractivity contribution < 1.29 is 9.66 Å². The molecule has 0 spiro atoms. The highest BCUT2D eigenvalue weighted by Gasteiger charge is 2.15. The molecule has 0 radical (unpaired) electrons. The Morgan fingerprint density at radius 2 is 1.67 bits per heavy atom. The molecule has 4 heteroatoms. The van der Waals surface area contributed by atoms with Crippen molar-refractivity contribution in [3.8, 4) is 11.5 Å². The first-order valence-corrected chi connectivity index (χ1v) is 5.57. The van der Waals surface area contributed by atoms with Crippen LogP contribution in [0.3, 0.4) is 0 Å². The number of hydrogen-bond acceptors (Lipinski definition) is 3. The summed E-state index contributed by atoms with van der Waals surface area (Å²) in [5, 5.41) is 10.9. The summed E-state index contributed by atoms with van der Waals surface area (Å²) in [4.78, 5) is 10.4. The van der Waals surface area contributed by atoms with Gasteiger partial charge < -0.3 is 4.74 Å². The van der Waals surface area contributed by atoms with Gasteiger partial charge in [0.15, 0.2) is 0 Å². The SMILES string of the molecule is Cc1cccc(Oc2ccccc2[N+](=O)[O-])c1C. The molecule has 18 heavy (non-hydrogen) atoms. The number of aryl methyl sites for hydroxylation is 1. The monoisotopic (exact) mass is 243 g/mol. The minimum atomic E-state index is -0.444. The van der Waals surface area contributed by atoms with Crippen molar-refractivity contribution in [3.05, 3.63) is 63.7 Å². The largest absolute Gasteiger partial charge is 0.450 e. The van der Waals surface area contributed by atoms with Gasteiger partial charge in [0.1, 0.15) is 5.75 Å². The zero-order valence-corrected chi connectivity index (χ0v) is 10.2. The van der Waals surface area contributed by atoms with Gasteiger partial charge in [-0.3, -0.25) is 10.1 Å². The minimum Gasteiger partial charge on any atom is -0.450 e. The molecule has 0 bridgehead atoms. The summed E-state index contributed by atoms with van der Waals surface area (Å²) in [7, 11) is 0. The van der Waals surface area contributed by atoms with E-state index in [2.05, 4.69) is 0 Å². The van der Waals surface area contributed by atoms with E-state index in [0.717, 1.165) is 11.1 Å². The summed E-state index contributed by atoms with van der Waals surface area (Å²) in [5.74, 6) is 0.903. The zero-order chi connectivity index (χ0) is 13.1. The Balaban J connectivity index is 2.40. The summed E-state index contributed by atoms with van der Waals surface area (Å²) < 4.78 is 5.64. The molecule has 0 saturated heterocycles. The van der Waals surface area contributed by atoms with Crippen LogP contribution < -0.4 is 4.74 Å². The van der Waals surface area contributed by atoms with Gasteiger partial charge in [-0.15, -0.1) is 0 Å². The first-order chi connectivity index (χ1) is 8.59. The van der Waals surface area contributed by atoms with Gasteiger partial charge in [-0.05, 0) is 37.1 Å². The standard InChI is InChI=1S/C14H13NO3/c1-10-6-5-9-13(11(10)2)18-14-8-4-3-7-12(14)15(16)17/h3-9H,1-2H3. The van der Waals surface area contributed by atoms with E-state index in [9.17, 15) is 10.1 Å². The van der Waals surface area contributed by atoms with E-state index in [-0.39, 0.29) is 11.4 Å². The van der Waals surface area contributed by atoms with Crippen molar-refractivity contribution in [1.29, 1.82) is 0 Å². The molecular formula is C14H13NO3. The summed E-state index contributed by atoms with van der Waals surface area (Å²) in [6.07, 6.45) is 0. The Bertz CT molecular complexity index is 593. The Kier molecular flexibility index (Phi) is 3.28. The normalized spacial score (nSPS) is 10.1. The van der Waals surface area contributed by atoms with E-state index in [1.54, 1.807) is 24.3 Å². The molecule has 0 saturated carbocycles. The average molecular weight is 243 g/mol. The van der Waals surface area contributed by atoms with Gasteiger partial charge in [0.2, 0.25) is 5.75 Å². The number of nitrogens with zero attached hydrogens (tertiary/aromatic N) is 1. The van der Waals surface area contributed by atoms with Crippen molar-refractivity contribution in [2.24, 2.45) is 0 Å². The van der Waals surface area contributed by atoms with Crippen molar-refractivity contribution >= 4 is 5.69 Å². The third-order valence-corrected chi connectivity index (χ3v) is 2.84. The summed E-state index contributed by atoms with van der Waals surface area (Å²) in [6, 6.07) is 12.0. The second-order valence-electron chi connectivity index (χ2n) is 4.02. The lowest BCUT2D eigenvalue weighted by molar-refractivity contribution is -0.385. The van der Waals surface area contributed by atoms with Crippen LogP contribution in [-0.2, 0) is 0 Å². The average Bonchev–Trinajstić information content (AvgIpc) is 2.35. The van der Waals surface area contributed by atoms with Crippen LogP contribution in [0, 0.1) is 24.0 Å². The molecule has 0 amide bonds. The highest BCUT2D eigenvalue weighted by molar-refractivity contribution is 5.50.